The summed E-state index contributed by atoms with van der Waals surface area (Å²) in [7, 11) is 0. The third-order valence-corrected chi connectivity index (χ3v) is 17.0. The van der Waals surface area contributed by atoms with Gasteiger partial charge in [-0.2, -0.15) is 0 Å². The molecule has 3 aliphatic carbocycles. The lowest BCUT2D eigenvalue weighted by Gasteiger charge is -2.56. The maximum atomic E-state index is 16.1. The highest BCUT2D eigenvalue weighted by atomic mass is 16.7. The second kappa shape index (κ2) is 23.2. The Balaban J connectivity index is 1.01. The number of rotatable bonds is 18. The van der Waals surface area contributed by atoms with E-state index in [2.05, 4.69) is 11.4 Å². The minimum absolute atomic E-state index is 0.0540. The number of ether oxygens (including phenoxy) is 7. The van der Waals surface area contributed by atoms with Crippen molar-refractivity contribution in [3.63, 3.8) is 0 Å². The number of benzene rings is 4. The fourth-order valence-electron chi connectivity index (χ4n) is 12.6. The Kier molecular flexibility index (Phi) is 16.4. The first-order valence-corrected chi connectivity index (χ1v) is 28.6. The fourth-order valence-corrected chi connectivity index (χ4v) is 12.6. The minimum Gasteiger partial charge on any atom is -0.482 e. The quantitative estimate of drug-likeness (QED) is 0.0271. The van der Waals surface area contributed by atoms with Crippen LogP contribution < -0.4 is 24.3 Å². The Hall–Kier alpha value is -7.51. The number of amides is 1. The highest BCUT2D eigenvalue weighted by Crippen LogP contribution is 2.69. The summed E-state index contributed by atoms with van der Waals surface area (Å²) in [5, 5.41) is 43.2. The van der Waals surface area contributed by atoms with E-state index in [-0.39, 0.29) is 58.1 Å². The molecule has 4 aliphatic heterocycles. The molecule has 11 atom stereocenters. The zero-order chi connectivity index (χ0) is 60.2. The third-order valence-electron chi connectivity index (χ3n) is 17.0. The van der Waals surface area contributed by atoms with E-state index in [1.165, 1.54) is 31.2 Å². The molecular formula is C67H73NO16. The molecule has 6 unspecified atom stereocenters. The first kappa shape index (κ1) is 59.6. The van der Waals surface area contributed by atoms with Gasteiger partial charge in [0.15, 0.2) is 34.6 Å². The number of Topliss-reactive ketones (excluding diaryl/α,β-unsaturated/α-hetero) is 2. The van der Waals surface area contributed by atoms with E-state index in [0.29, 0.717) is 36.1 Å². The van der Waals surface area contributed by atoms with E-state index in [0.717, 1.165) is 22.3 Å². The summed E-state index contributed by atoms with van der Waals surface area (Å²) in [6.07, 6.45) is 4.35. The topological polar surface area (TPSA) is 243 Å². The number of ketones is 2. The number of hydrogen-bond acceptors (Lipinski definition) is 16. The SMILES string of the molecule is CC(C)=CCCC1(C)C=Cc2c(c(CC=C(C)C)c3c(c2OC(=O)C(C)NC(=O)c2ccc(O[C@@H]4O[C@H](CO)[C@@H](O)[C@@H](O)[C@H]4O)cc2)C(=O)C2=CC4CC5C(C)(C)OC(CC=C(C)C(=O)OC(c6ccccc6)c6ccccc6)(C4=O)C25O3)O1. The second-order valence-corrected chi connectivity index (χ2v) is 24.0. The molecule has 0 radical (unpaired) electrons. The summed E-state index contributed by atoms with van der Waals surface area (Å²) < 4.78 is 45.6. The van der Waals surface area contributed by atoms with Crippen molar-refractivity contribution in [1.82, 2.24) is 5.32 Å². The largest absolute Gasteiger partial charge is 0.482 e. The normalized spacial score (nSPS) is 28.1. The number of esters is 2. The lowest BCUT2D eigenvalue weighted by Crippen LogP contribution is -2.72. The average molecular weight is 1150 g/mol. The average Bonchev–Trinajstić information content (AvgIpc) is 1.40. The van der Waals surface area contributed by atoms with Crippen LogP contribution in [0, 0.1) is 11.8 Å². The van der Waals surface area contributed by atoms with Gasteiger partial charge in [-0.1, -0.05) is 96.1 Å². The van der Waals surface area contributed by atoms with Crippen molar-refractivity contribution in [2.45, 2.75) is 160 Å². The molecule has 7 aliphatic rings. The highest BCUT2D eigenvalue weighted by molar-refractivity contribution is 6.19. The van der Waals surface area contributed by atoms with Crippen molar-refractivity contribution in [2.24, 2.45) is 11.8 Å². The lowest BCUT2D eigenvalue weighted by molar-refractivity contribution is -0.277. The van der Waals surface area contributed by atoms with Gasteiger partial charge in [0.2, 0.25) is 6.29 Å². The van der Waals surface area contributed by atoms with Gasteiger partial charge in [-0.05, 0) is 136 Å². The van der Waals surface area contributed by atoms with Crippen LogP contribution >= 0.6 is 0 Å². The van der Waals surface area contributed by atoms with Crippen molar-refractivity contribution >= 4 is 35.5 Å². The molecule has 1 saturated carbocycles. The Bertz CT molecular complexity index is 3370. The predicted octanol–water partition coefficient (Wildman–Crippen LogP) is 8.68. The maximum absolute atomic E-state index is 16.1. The van der Waals surface area contributed by atoms with Crippen molar-refractivity contribution < 1.29 is 77.6 Å². The summed E-state index contributed by atoms with van der Waals surface area (Å²) in [6.45, 7) is 16.1. The number of aliphatic hydroxyl groups is 4. The van der Waals surface area contributed by atoms with E-state index >= 15 is 9.59 Å². The minimum atomic E-state index is -1.83. The molecule has 4 heterocycles. The zero-order valence-corrected chi connectivity index (χ0v) is 48.7. The summed E-state index contributed by atoms with van der Waals surface area (Å²) in [5.41, 5.74) is -0.696. The van der Waals surface area contributed by atoms with Gasteiger partial charge in [0.1, 0.15) is 58.9 Å². The Morgan fingerprint density at radius 2 is 1.46 bits per heavy atom. The molecule has 442 valence electrons. The number of aliphatic hydroxyl groups excluding tert-OH is 4. The number of hydrogen-bond donors (Lipinski definition) is 5. The number of carbonyl (C=O) groups excluding carboxylic acids is 5. The van der Waals surface area contributed by atoms with Crippen molar-refractivity contribution in [3.8, 4) is 23.0 Å². The van der Waals surface area contributed by atoms with E-state index in [4.69, 9.17) is 33.2 Å². The molecule has 4 aromatic rings. The Morgan fingerprint density at radius 1 is 0.810 bits per heavy atom. The summed E-state index contributed by atoms with van der Waals surface area (Å²) in [5.74, 6) is -4.10. The molecule has 0 aromatic heterocycles. The fraction of sp³-hybridized carbons (Fsp3) is 0.418. The van der Waals surface area contributed by atoms with Crippen LogP contribution in [-0.4, -0.2) is 116 Å². The summed E-state index contributed by atoms with van der Waals surface area (Å²) in [4.78, 5) is 74.2. The second-order valence-electron chi connectivity index (χ2n) is 24.0. The van der Waals surface area contributed by atoms with Crippen LogP contribution in [0.4, 0.5) is 0 Å². The molecule has 2 saturated heterocycles. The molecule has 4 bridgehead atoms. The van der Waals surface area contributed by atoms with Crippen molar-refractivity contribution in [1.29, 1.82) is 0 Å². The number of fused-ring (bicyclic) bond motifs is 2. The Labute approximate surface area is 488 Å². The number of carbonyl (C=O) groups is 5. The van der Waals surface area contributed by atoms with Gasteiger partial charge in [-0.25, -0.2) is 9.59 Å². The molecule has 17 heteroatoms. The molecule has 4 aromatic carbocycles. The molecule has 3 fully saturated rings. The van der Waals surface area contributed by atoms with E-state index in [1.54, 1.807) is 25.2 Å². The van der Waals surface area contributed by atoms with E-state index in [1.807, 2.05) is 121 Å². The first-order valence-electron chi connectivity index (χ1n) is 28.6. The van der Waals surface area contributed by atoms with Gasteiger partial charge in [0.25, 0.3) is 5.91 Å². The number of nitrogens with one attached hydrogen (secondary N) is 1. The van der Waals surface area contributed by atoms with Crippen LogP contribution in [0.5, 0.6) is 23.0 Å². The molecular weight excluding hydrogens is 1070 g/mol. The van der Waals surface area contributed by atoms with E-state index < -0.39 is 107 Å². The van der Waals surface area contributed by atoms with Gasteiger partial charge < -0.3 is 58.9 Å². The van der Waals surface area contributed by atoms with Gasteiger partial charge in [-0.3, -0.25) is 14.4 Å². The summed E-state index contributed by atoms with van der Waals surface area (Å²) in [6, 6.07) is 23.1. The standard InChI is InChI=1S/C67H73NO16/c1-36(2)17-16-30-65(9)31-29-46-56(82-65)45(27-22-37(3)4)58-50(57(46)81-62(77)39(6)68-60(75)42-23-25-44(26-24-42)78-63-54(73)53(72)52(71)48(35-69)79-63)51(70)47-33-43-34-49-64(7,8)84-66(59(43)74,67(47,49)83-58)32-28-38(5)61(76)80-55(40-18-12-10-13-19-40)41-20-14-11-15-21-41/h10-15,17-26,28-29,31,33,39,43,48-49,52-55,63,69,71-73H,16,27,30,32,34-35H2,1-9H3,(H,68,75)/t39?,43?,48-,49?,52-,53-,54-,63-,65?,66?,67?/m1/s1. The number of allylic oxidation sites excluding steroid dienone is 5. The maximum Gasteiger partial charge on any atom is 0.334 e. The third kappa shape index (κ3) is 10.7. The molecule has 5 N–H and O–H groups in total. The van der Waals surface area contributed by atoms with Crippen LogP contribution in [0.2, 0.25) is 0 Å². The van der Waals surface area contributed by atoms with Crippen LogP contribution in [0.1, 0.15) is 137 Å². The molecule has 1 spiro atoms. The van der Waals surface area contributed by atoms with Crippen molar-refractivity contribution in [3.05, 3.63) is 171 Å². The molecule has 11 rings (SSSR count). The van der Waals surface area contributed by atoms with Crippen LogP contribution in [0.25, 0.3) is 6.08 Å². The molecule has 84 heavy (non-hydrogen) atoms. The van der Waals surface area contributed by atoms with E-state index in [9.17, 15) is 34.8 Å². The molecule has 17 nitrogen and oxygen atoms in total. The van der Waals surface area contributed by atoms with Crippen LogP contribution in [0.3, 0.4) is 0 Å². The smallest absolute Gasteiger partial charge is 0.334 e. The van der Waals surface area contributed by atoms with Gasteiger partial charge >= 0.3 is 11.9 Å². The predicted molar refractivity (Wildman–Crippen MR) is 309 cm³/mol. The monoisotopic (exact) mass is 1150 g/mol. The van der Waals surface area contributed by atoms with Crippen LogP contribution in [-0.2, 0) is 35.0 Å². The zero-order valence-electron chi connectivity index (χ0n) is 48.7. The Morgan fingerprint density at radius 3 is 2.10 bits per heavy atom. The first-order chi connectivity index (χ1) is 39.9. The lowest BCUT2D eigenvalue weighted by atomic mass is 9.51. The summed E-state index contributed by atoms with van der Waals surface area (Å²) >= 11 is 0. The molecule has 1 amide bonds. The van der Waals surface area contributed by atoms with Gasteiger partial charge in [-0.15, -0.1) is 0 Å². The highest BCUT2D eigenvalue weighted by Gasteiger charge is 2.81. The van der Waals surface area contributed by atoms with Crippen molar-refractivity contribution in [2.75, 3.05) is 6.61 Å². The van der Waals surface area contributed by atoms with Gasteiger partial charge in [0, 0.05) is 40.5 Å². The van der Waals surface area contributed by atoms with Crippen LogP contribution in [0.15, 0.2) is 138 Å². The van der Waals surface area contributed by atoms with Gasteiger partial charge in [0.05, 0.1) is 17.8 Å².